The summed E-state index contributed by atoms with van der Waals surface area (Å²) in [5.41, 5.74) is 0.987. The zero-order valence-corrected chi connectivity index (χ0v) is 11.0. The molecule has 1 unspecified atom stereocenters. The summed E-state index contributed by atoms with van der Waals surface area (Å²) >= 11 is 0. The second kappa shape index (κ2) is 9.44. The molecule has 0 fully saturated rings. The summed E-state index contributed by atoms with van der Waals surface area (Å²) in [4.78, 5) is 10.5. The zero-order valence-electron chi connectivity index (χ0n) is 11.0. The number of rotatable bonds is 9. The Morgan fingerprint density at radius 1 is 1.19 bits per heavy atom. The Morgan fingerprint density at radius 2 is 1.75 bits per heavy atom. The highest BCUT2D eigenvalue weighted by Gasteiger charge is 2.05. The highest BCUT2D eigenvalue weighted by atomic mass is 16.4. The molecule has 0 radical (unpaired) electrons. The van der Waals surface area contributed by atoms with Gasteiger partial charge in [0.25, 0.3) is 0 Å². The van der Waals surface area contributed by atoms with Crippen molar-refractivity contribution in [3.05, 3.63) is 11.6 Å². The molecule has 0 saturated carbocycles. The summed E-state index contributed by atoms with van der Waals surface area (Å²) in [6.07, 6.45) is 10.2. The van der Waals surface area contributed by atoms with E-state index in [0.717, 1.165) is 12.0 Å². The van der Waals surface area contributed by atoms with Crippen molar-refractivity contribution in [1.82, 2.24) is 0 Å². The molecule has 0 aliphatic rings. The minimum Gasteiger partial charge on any atom is -0.478 e. The number of carboxylic acid groups (broad SMARTS) is 1. The molecular weight excluding hydrogens is 200 g/mol. The van der Waals surface area contributed by atoms with E-state index < -0.39 is 5.97 Å². The van der Waals surface area contributed by atoms with Crippen LogP contribution in [-0.2, 0) is 4.79 Å². The van der Waals surface area contributed by atoms with Crippen molar-refractivity contribution >= 4 is 5.97 Å². The van der Waals surface area contributed by atoms with Gasteiger partial charge in [0, 0.05) is 6.08 Å². The van der Waals surface area contributed by atoms with Crippen LogP contribution in [0.3, 0.4) is 0 Å². The summed E-state index contributed by atoms with van der Waals surface area (Å²) in [6.45, 7) is 6.25. The Kier molecular flexibility index (Phi) is 8.97. The van der Waals surface area contributed by atoms with Crippen LogP contribution in [0.1, 0.15) is 65.7 Å². The average molecular weight is 226 g/mol. The van der Waals surface area contributed by atoms with Gasteiger partial charge in [-0.3, -0.25) is 0 Å². The molecule has 2 heteroatoms. The fourth-order valence-electron chi connectivity index (χ4n) is 1.80. The minimum atomic E-state index is -0.827. The minimum absolute atomic E-state index is 0.405. The van der Waals surface area contributed by atoms with E-state index in [1.807, 2.05) is 6.92 Å². The van der Waals surface area contributed by atoms with Crippen LogP contribution in [0, 0.1) is 5.92 Å². The number of hydrogen-bond donors (Lipinski definition) is 1. The fourth-order valence-corrected chi connectivity index (χ4v) is 1.80. The van der Waals surface area contributed by atoms with E-state index in [4.69, 9.17) is 5.11 Å². The molecule has 0 bridgehead atoms. The summed E-state index contributed by atoms with van der Waals surface area (Å²) in [7, 11) is 0. The van der Waals surface area contributed by atoms with Crippen LogP contribution in [-0.4, -0.2) is 11.1 Å². The SMILES string of the molecule is CCCCCCCCC(C)/C(C)=C/C(=O)O. The van der Waals surface area contributed by atoms with Gasteiger partial charge in [0.05, 0.1) is 0 Å². The van der Waals surface area contributed by atoms with Gasteiger partial charge >= 0.3 is 5.97 Å². The molecule has 1 atom stereocenters. The van der Waals surface area contributed by atoms with Crippen molar-refractivity contribution in [3.8, 4) is 0 Å². The van der Waals surface area contributed by atoms with Crippen LogP contribution in [0.5, 0.6) is 0 Å². The first kappa shape index (κ1) is 15.2. The molecule has 94 valence electrons. The van der Waals surface area contributed by atoms with E-state index >= 15 is 0 Å². The third kappa shape index (κ3) is 8.51. The third-order valence-electron chi connectivity index (χ3n) is 3.12. The first-order chi connectivity index (χ1) is 7.57. The van der Waals surface area contributed by atoms with Crippen molar-refractivity contribution in [2.75, 3.05) is 0 Å². The van der Waals surface area contributed by atoms with E-state index in [1.54, 1.807) is 0 Å². The summed E-state index contributed by atoms with van der Waals surface area (Å²) in [6, 6.07) is 0. The highest BCUT2D eigenvalue weighted by Crippen LogP contribution is 2.18. The molecule has 0 aliphatic heterocycles. The third-order valence-corrected chi connectivity index (χ3v) is 3.12. The van der Waals surface area contributed by atoms with E-state index in [-0.39, 0.29) is 0 Å². The van der Waals surface area contributed by atoms with Gasteiger partial charge in [0.1, 0.15) is 0 Å². The number of hydrogen-bond acceptors (Lipinski definition) is 1. The maximum absolute atomic E-state index is 10.5. The lowest BCUT2D eigenvalue weighted by atomic mass is 9.95. The van der Waals surface area contributed by atoms with Crippen molar-refractivity contribution in [1.29, 1.82) is 0 Å². The summed E-state index contributed by atoms with van der Waals surface area (Å²) in [5, 5.41) is 8.63. The zero-order chi connectivity index (χ0) is 12.4. The van der Waals surface area contributed by atoms with Crippen LogP contribution in [0.15, 0.2) is 11.6 Å². The van der Waals surface area contributed by atoms with Crippen molar-refractivity contribution in [2.45, 2.75) is 65.7 Å². The van der Waals surface area contributed by atoms with E-state index in [0.29, 0.717) is 5.92 Å². The Labute approximate surface area is 99.7 Å². The summed E-state index contributed by atoms with van der Waals surface area (Å²) in [5.74, 6) is -0.422. The largest absolute Gasteiger partial charge is 0.478 e. The topological polar surface area (TPSA) is 37.3 Å². The Balaban J connectivity index is 3.57. The second-order valence-corrected chi connectivity index (χ2v) is 4.68. The van der Waals surface area contributed by atoms with Crippen LogP contribution in [0.25, 0.3) is 0 Å². The lowest BCUT2D eigenvalue weighted by molar-refractivity contribution is -0.131. The van der Waals surface area contributed by atoms with Gasteiger partial charge in [-0.15, -0.1) is 0 Å². The number of unbranched alkanes of at least 4 members (excludes halogenated alkanes) is 5. The number of carbonyl (C=O) groups is 1. The first-order valence-corrected chi connectivity index (χ1v) is 6.49. The molecule has 0 aliphatic carbocycles. The standard InChI is InChI=1S/C14H26O2/c1-4-5-6-7-8-9-10-12(2)13(3)11-14(15)16/h11-12H,4-10H2,1-3H3,(H,15,16)/b13-11+. The van der Waals surface area contributed by atoms with Gasteiger partial charge in [-0.2, -0.15) is 0 Å². The van der Waals surface area contributed by atoms with Crippen LogP contribution in [0.2, 0.25) is 0 Å². The van der Waals surface area contributed by atoms with Crippen molar-refractivity contribution in [2.24, 2.45) is 5.92 Å². The molecule has 0 aromatic rings. The fraction of sp³-hybridized carbons (Fsp3) is 0.786. The molecular formula is C14H26O2. The monoisotopic (exact) mass is 226 g/mol. The predicted molar refractivity (Wildman–Crippen MR) is 68.5 cm³/mol. The van der Waals surface area contributed by atoms with Crippen LogP contribution < -0.4 is 0 Å². The van der Waals surface area contributed by atoms with Gasteiger partial charge in [0.15, 0.2) is 0 Å². The molecule has 0 rings (SSSR count). The maximum atomic E-state index is 10.5. The van der Waals surface area contributed by atoms with Crippen LogP contribution >= 0.6 is 0 Å². The molecule has 1 N–H and O–H groups in total. The van der Waals surface area contributed by atoms with E-state index in [2.05, 4.69) is 13.8 Å². The normalized spacial score (nSPS) is 13.8. The Morgan fingerprint density at radius 3 is 2.31 bits per heavy atom. The quantitative estimate of drug-likeness (QED) is 0.467. The molecule has 0 saturated heterocycles. The lowest BCUT2D eigenvalue weighted by Crippen LogP contribution is -2.00. The number of allylic oxidation sites excluding steroid dienone is 1. The molecule has 0 spiro atoms. The molecule has 0 heterocycles. The number of carboxylic acids is 1. The number of aliphatic carboxylic acids is 1. The molecule has 16 heavy (non-hydrogen) atoms. The first-order valence-electron chi connectivity index (χ1n) is 6.49. The second-order valence-electron chi connectivity index (χ2n) is 4.68. The Bertz CT molecular complexity index is 219. The van der Waals surface area contributed by atoms with Gasteiger partial charge in [-0.25, -0.2) is 4.79 Å². The van der Waals surface area contributed by atoms with E-state index in [1.165, 1.54) is 44.6 Å². The predicted octanol–water partition coefficient (Wildman–Crippen LogP) is 4.40. The van der Waals surface area contributed by atoms with Gasteiger partial charge in [0.2, 0.25) is 0 Å². The van der Waals surface area contributed by atoms with E-state index in [9.17, 15) is 4.79 Å². The molecule has 0 aromatic heterocycles. The van der Waals surface area contributed by atoms with Gasteiger partial charge < -0.3 is 5.11 Å². The lowest BCUT2D eigenvalue weighted by Gasteiger charge is -2.11. The molecule has 0 amide bonds. The summed E-state index contributed by atoms with van der Waals surface area (Å²) < 4.78 is 0. The van der Waals surface area contributed by atoms with Gasteiger partial charge in [-0.1, -0.05) is 57.9 Å². The molecule has 2 nitrogen and oxygen atoms in total. The average Bonchev–Trinajstić information content (AvgIpc) is 2.21. The molecule has 0 aromatic carbocycles. The van der Waals surface area contributed by atoms with Crippen molar-refractivity contribution in [3.63, 3.8) is 0 Å². The smallest absolute Gasteiger partial charge is 0.328 e. The van der Waals surface area contributed by atoms with Crippen LogP contribution in [0.4, 0.5) is 0 Å². The Hall–Kier alpha value is -0.790. The highest BCUT2D eigenvalue weighted by molar-refractivity contribution is 5.80. The maximum Gasteiger partial charge on any atom is 0.328 e. The van der Waals surface area contributed by atoms with Crippen molar-refractivity contribution < 1.29 is 9.90 Å². The van der Waals surface area contributed by atoms with Gasteiger partial charge in [-0.05, 0) is 19.3 Å².